The summed E-state index contributed by atoms with van der Waals surface area (Å²) in [4.78, 5) is 11.5. The molecule has 64 valence electrons. The molecule has 2 nitrogen and oxygen atoms in total. The van der Waals surface area contributed by atoms with Gasteiger partial charge in [0.15, 0.2) is 8.99 Å². The molecule has 0 bridgehead atoms. The molecule has 4 heteroatoms. The van der Waals surface area contributed by atoms with Gasteiger partial charge >= 0.3 is 0 Å². The van der Waals surface area contributed by atoms with Gasteiger partial charge in [-0.3, -0.25) is 4.79 Å². The predicted octanol–water partition coefficient (Wildman–Crippen LogP) is 3.13. The van der Waals surface area contributed by atoms with Crippen molar-refractivity contribution in [3.05, 3.63) is 36.8 Å². The lowest BCUT2D eigenvalue weighted by molar-refractivity contribution is 0.0969. The van der Waals surface area contributed by atoms with E-state index in [1.165, 1.54) is 12.3 Å². The molecule has 0 aliphatic carbocycles. The Hall–Kier alpha value is -0.350. The van der Waals surface area contributed by atoms with Gasteiger partial charge in [0.1, 0.15) is 0 Å². The molecule has 1 aromatic rings. The summed E-state index contributed by atoms with van der Waals surface area (Å²) in [7, 11) is 0. The summed E-state index contributed by atoms with van der Waals surface area (Å²) in [6, 6.07) is 3.26. The smallest absolute Gasteiger partial charge is 0.229 e. The molecule has 0 amide bonds. The minimum atomic E-state index is -0.919. The number of hydrogen-bond donors (Lipinski definition) is 0. The number of Topliss-reactive ketones (excluding diaryl/α,β-unsaturated/α-hetero) is 1. The van der Waals surface area contributed by atoms with Crippen molar-refractivity contribution < 1.29 is 9.21 Å². The topological polar surface area (TPSA) is 30.2 Å². The van der Waals surface area contributed by atoms with Crippen LogP contribution in [0, 0.1) is 0 Å². The molecule has 0 saturated heterocycles. The van der Waals surface area contributed by atoms with Crippen molar-refractivity contribution in [1.82, 2.24) is 0 Å². The van der Waals surface area contributed by atoms with Crippen LogP contribution >= 0.6 is 31.9 Å². The van der Waals surface area contributed by atoms with Crippen LogP contribution < -0.4 is 0 Å². The molecule has 0 spiro atoms. The second-order valence-corrected chi connectivity index (χ2v) is 5.70. The average Bonchev–Trinajstić information content (AvgIpc) is 2.55. The van der Waals surface area contributed by atoms with E-state index < -0.39 is 3.23 Å². The molecule has 1 heterocycles. The molecule has 0 aliphatic heterocycles. The molecule has 0 saturated carbocycles. The molecule has 0 aromatic carbocycles. The van der Waals surface area contributed by atoms with E-state index in [9.17, 15) is 4.79 Å². The molecule has 12 heavy (non-hydrogen) atoms. The van der Waals surface area contributed by atoms with Gasteiger partial charge in [-0.2, -0.15) is 0 Å². The van der Waals surface area contributed by atoms with Crippen molar-refractivity contribution in [2.75, 3.05) is 0 Å². The predicted molar refractivity (Wildman–Crippen MR) is 53.8 cm³/mol. The van der Waals surface area contributed by atoms with Crippen LogP contribution in [0.25, 0.3) is 0 Å². The van der Waals surface area contributed by atoms with E-state index in [2.05, 4.69) is 38.4 Å². The van der Waals surface area contributed by atoms with Crippen LogP contribution in [0.2, 0.25) is 0 Å². The lowest BCUT2D eigenvalue weighted by Gasteiger charge is -2.10. The van der Waals surface area contributed by atoms with Gasteiger partial charge < -0.3 is 4.42 Å². The highest BCUT2D eigenvalue weighted by molar-refractivity contribution is 9.26. The first kappa shape index (κ1) is 9.74. The number of rotatable bonds is 3. The van der Waals surface area contributed by atoms with Crippen molar-refractivity contribution in [2.24, 2.45) is 0 Å². The van der Waals surface area contributed by atoms with Gasteiger partial charge in [0, 0.05) is 0 Å². The van der Waals surface area contributed by atoms with Crippen molar-refractivity contribution in [2.45, 2.75) is 3.23 Å². The van der Waals surface area contributed by atoms with Crippen LogP contribution in [0.3, 0.4) is 0 Å². The maximum absolute atomic E-state index is 11.5. The standard InChI is InChI=1S/C8H6Br2O2/c1-2-8(9,10)7(11)6-4-3-5-12-6/h2-5H,1H2. The SMILES string of the molecule is C=CC(Br)(Br)C(=O)c1ccco1. The number of alkyl halides is 2. The minimum absolute atomic E-state index is 0.206. The van der Waals surface area contributed by atoms with Crippen molar-refractivity contribution >= 4 is 37.6 Å². The molecule has 0 N–H and O–H groups in total. The summed E-state index contributed by atoms with van der Waals surface area (Å²) in [6.07, 6.45) is 2.91. The molecular weight excluding hydrogens is 288 g/mol. The summed E-state index contributed by atoms with van der Waals surface area (Å²) >= 11 is 6.31. The quantitative estimate of drug-likeness (QED) is 0.487. The first-order chi connectivity index (χ1) is 5.58. The van der Waals surface area contributed by atoms with Gasteiger partial charge in [-0.25, -0.2) is 0 Å². The summed E-state index contributed by atoms with van der Waals surface area (Å²) in [5.74, 6) is 0.0890. The van der Waals surface area contributed by atoms with Gasteiger partial charge in [0.2, 0.25) is 5.78 Å². The van der Waals surface area contributed by atoms with Crippen molar-refractivity contribution in [3.8, 4) is 0 Å². The molecule has 0 fully saturated rings. The van der Waals surface area contributed by atoms with E-state index in [-0.39, 0.29) is 5.78 Å². The Labute approximate surface area is 86.9 Å². The van der Waals surface area contributed by atoms with Gasteiger partial charge in [0.05, 0.1) is 6.26 Å². The molecular formula is C8H6Br2O2. The third-order valence-electron chi connectivity index (χ3n) is 1.30. The number of allylic oxidation sites excluding steroid dienone is 1. The fourth-order valence-electron chi connectivity index (χ4n) is 0.665. The van der Waals surface area contributed by atoms with Crippen molar-refractivity contribution in [3.63, 3.8) is 0 Å². The Bertz CT molecular complexity index is 288. The Balaban J connectivity index is 2.93. The molecule has 0 aliphatic rings. The molecule has 0 radical (unpaired) electrons. The van der Waals surface area contributed by atoms with Crippen LogP contribution in [0.15, 0.2) is 35.5 Å². The van der Waals surface area contributed by atoms with E-state index in [0.29, 0.717) is 5.76 Å². The van der Waals surface area contributed by atoms with Crippen LogP contribution in [0.4, 0.5) is 0 Å². The van der Waals surface area contributed by atoms with E-state index in [1.54, 1.807) is 12.1 Å². The highest BCUT2D eigenvalue weighted by Crippen LogP contribution is 2.31. The van der Waals surface area contributed by atoms with Gasteiger partial charge in [-0.1, -0.05) is 37.9 Å². The zero-order chi connectivity index (χ0) is 9.19. The first-order valence-corrected chi connectivity index (χ1v) is 4.76. The van der Waals surface area contributed by atoms with Gasteiger partial charge in [-0.05, 0) is 12.1 Å². The number of carbonyl (C=O) groups is 1. The second kappa shape index (κ2) is 3.58. The monoisotopic (exact) mass is 292 g/mol. The minimum Gasteiger partial charge on any atom is -0.461 e. The molecule has 0 atom stereocenters. The highest BCUT2D eigenvalue weighted by Gasteiger charge is 2.31. The normalized spacial score (nSPS) is 11.2. The van der Waals surface area contributed by atoms with E-state index in [4.69, 9.17) is 4.42 Å². The third kappa shape index (κ3) is 1.87. The first-order valence-electron chi connectivity index (χ1n) is 3.17. The fraction of sp³-hybridized carbons (Fsp3) is 0.125. The van der Waals surface area contributed by atoms with Crippen LogP contribution in [-0.2, 0) is 0 Å². The summed E-state index contributed by atoms with van der Waals surface area (Å²) in [5.41, 5.74) is 0. The zero-order valence-electron chi connectivity index (χ0n) is 6.09. The average molecular weight is 294 g/mol. The Morgan fingerprint density at radius 3 is 2.75 bits per heavy atom. The highest BCUT2D eigenvalue weighted by atomic mass is 79.9. The van der Waals surface area contributed by atoms with Crippen molar-refractivity contribution in [1.29, 1.82) is 0 Å². The number of carbonyl (C=O) groups excluding carboxylic acids is 1. The van der Waals surface area contributed by atoms with Crippen LogP contribution in [0.5, 0.6) is 0 Å². The number of hydrogen-bond acceptors (Lipinski definition) is 2. The van der Waals surface area contributed by atoms with Gasteiger partial charge in [-0.15, -0.1) is 6.58 Å². The summed E-state index contributed by atoms with van der Waals surface area (Å²) in [5, 5.41) is 0. The fourth-order valence-corrected chi connectivity index (χ4v) is 1.06. The maximum atomic E-state index is 11.5. The molecule has 0 unspecified atom stereocenters. The Morgan fingerprint density at radius 1 is 1.67 bits per heavy atom. The lowest BCUT2D eigenvalue weighted by Crippen LogP contribution is -2.21. The number of halogens is 2. The van der Waals surface area contributed by atoms with Gasteiger partial charge in [0.25, 0.3) is 0 Å². The number of furan rings is 1. The Morgan fingerprint density at radius 2 is 2.33 bits per heavy atom. The summed E-state index contributed by atoms with van der Waals surface area (Å²) < 4.78 is 4.01. The number of ketones is 1. The summed E-state index contributed by atoms with van der Waals surface area (Å²) in [6.45, 7) is 3.51. The second-order valence-electron chi connectivity index (χ2n) is 2.13. The van der Waals surface area contributed by atoms with Crippen LogP contribution in [-0.4, -0.2) is 9.02 Å². The lowest BCUT2D eigenvalue weighted by atomic mass is 10.2. The Kier molecular flexibility index (Phi) is 2.90. The van der Waals surface area contributed by atoms with E-state index >= 15 is 0 Å². The molecule has 1 rings (SSSR count). The maximum Gasteiger partial charge on any atom is 0.229 e. The van der Waals surface area contributed by atoms with Crippen LogP contribution in [0.1, 0.15) is 10.6 Å². The van der Waals surface area contributed by atoms with E-state index in [0.717, 1.165) is 0 Å². The molecule has 1 aromatic heterocycles. The third-order valence-corrected chi connectivity index (χ3v) is 2.67. The largest absolute Gasteiger partial charge is 0.461 e. The van der Waals surface area contributed by atoms with E-state index in [1.807, 2.05) is 0 Å². The zero-order valence-corrected chi connectivity index (χ0v) is 9.26.